The van der Waals surface area contributed by atoms with E-state index in [1.165, 1.54) is 16.8 Å². The molecule has 0 aliphatic rings. The highest BCUT2D eigenvalue weighted by Gasteiger charge is 2.24. The Labute approximate surface area is 172 Å². The lowest BCUT2D eigenvalue weighted by Crippen LogP contribution is -2.43. The maximum atomic E-state index is 13.0. The summed E-state index contributed by atoms with van der Waals surface area (Å²) < 4.78 is 1.25. The van der Waals surface area contributed by atoms with Gasteiger partial charge in [-0.1, -0.05) is 44.2 Å². The first-order valence-electron chi connectivity index (χ1n) is 9.57. The molecular formula is C22H23N3O5. The molecule has 3 rings (SSSR count). The van der Waals surface area contributed by atoms with Gasteiger partial charge >= 0.3 is 5.97 Å². The number of carboxylic acids is 1. The Hall–Kier alpha value is -3.68. The zero-order valence-corrected chi connectivity index (χ0v) is 16.7. The first kappa shape index (κ1) is 21.0. The number of carboxylic acid groups (broad SMARTS) is 1. The molecule has 0 bridgehead atoms. The van der Waals surface area contributed by atoms with Gasteiger partial charge in [0.2, 0.25) is 0 Å². The number of fused-ring (bicyclic) bond motifs is 1. The number of hydrogen-bond donors (Lipinski definition) is 3. The summed E-state index contributed by atoms with van der Waals surface area (Å²) in [5.74, 6) is -1.67. The number of carbonyl (C=O) groups is 2. The van der Waals surface area contributed by atoms with Crippen LogP contribution in [0.15, 0.2) is 53.3 Å². The standard InChI is InChI=1S/C22H23N3O5/c1-13(2)12-25-21(28)17-6-4-3-5-16(17)19(24-25)20(27)23-18(22(29)30)11-14-7-9-15(26)10-8-14/h3-10,13,18,26H,11-12H2,1-2H3,(H,23,27)(H,29,30)/t18-/m1/s1. The van der Waals surface area contributed by atoms with Gasteiger partial charge in [-0.2, -0.15) is 5.10 Å². The minimum Gasteiger partial charge on any atom is -0.508 e. The van der Waals surface area contributed by atoms with E-state index < -0.39 is 17.9 Å². The Bertz CT molecular complexity index is 1140. The highest BCUT2D eigenvalue weighted by molar-refractivity contribution is 6.05. The number of phenols is 1. The summed E-state index contributed by atoms with van der Waals surface area (Å²) in [6.07, 6.45) is 0.0327. The Morgan fingerprint density at radius 3 is 2.30 bits per heavy atom. The Morgan fingerprint density at radius 1 is 1.07 bits per heavy atom. The molecule has 0 aliphatic carbocycles. The summed E-state index contributed by atoms with van der Waals surface area (Å²) in [6.45, 7) is 4.20. The molecule has 1 atom stereocenters. The van der Waals surface area contributed by atoms with Crippen LogP contribution in [0.4, 0.5) is 0 Å². The van der Waals surface area contributed by atoms with Crippen molar-refractivity contribution in [1.82, 2.24) is 15.1 Å². The van der Waals surface area contributed by atoms with E-state index in [-0.39, 0.29) is 29.3 Å². The highest BCUT2D eigenvalue weighted by atomic mass is 16.4. The van der Waals surface area contributed by atoms with Crippen molar-refractivity contribution in [3.05, 3.63) is 70.1 Å². The second kappa shape index (κ2) is 8.77. The fraction of sp³-hybridized carbons (Fsp3) is 0.273. The average molecular weight is 409 g/mol. The van der Waals surface area contributed by atoms with E-state index in [2.05, 4.69) is 10.4 Å². The molecule has 3 N–H and O–H groups in total. The van der Waals surface area contributed by atoms with Crippen molar-refractivity contribution in [2.75, 3.05) is 0 Å². The van der Waals surface area contributed by atoms with Crippen LogP contribution in [-0.2, 0) is 17.8 Å². The van der Waals surface area contributed by atoms with Crippen molar-refractivity contribution in [3.8, 4) is 5.75 Å². The number of aromatic hydroxyl groups is 1. The maximum Gasteiger partial charge on any atom is 0.326 e. The van der Waals surface area contributed by atoms with Gasteiger partial charge in [-0.05, 0) is 29.7 Å². The van der Waals surface area contributed by atoms with Crippen molar-refractivity contribution in [2.45, 2.75) is 32.9 Å². The largest absolute Gasteiger partial charge is 0.508 e. The number of aliphatic carboxylic acids is 1. The number of carbonyl (C=O) groups excluding carboxylic acids is 1. The number of nitrogens with one attached hydrogen (secondary N) is 1. The summed E-state index contributed by atoms with van der Waals surface area (Å²) in [6, 6.07) is 11.5. The van der Waals surface area contributed by atoms with Crippen LogP contribution in [0.5, 0.6) is 5.75 Å². The molecular weight excluding hydrogens is 386 g/mol. The first-order valence-corrected chi connectivity index (χ1v) is 9.57. The van der Waals surface area contributed by atoms with Gasteiger partial charge < -0.3 is 15.5 Å². The number of aromatic nitrogens is 2. The number of rotatable bonds is 7. The van der Waals surface area contributed by atoms with Crippen molar-refractivity contribution in [1.29, 1.82) is 0 Å². The second-order valence-corrected chi connectivity index (χ2v) is 7.51. The highest BCUT2D eigenvalue weighted by Crippen LogP contribution is 2.15. The van der Waals surface area contributed by atoms with Crippen LogP contribution >= 0.6 is 0 Å². The van der Waals surface area contributed by atoms with Crippen LogP contribution < -0.4 is 10.9 Å². The zero-order chi connectivity index (χ0) is 21.8. The van der Waals surface area contributed by atoms with Crippen molar-refractivity contribution in [2.24, 2.45) is 5.92 Å². The molecule has 0 fully saturated rings. The van der Waals surface area contributed by atoms with Crippen molar-refractivity contribution >= 4 is 22.6 Å². The Morgan fingerprint density at radius 2 is 1.70 bits per heavy atom. The monoisotopic (exact) mass is 409 g/mol. The van der Waals surface area contributed by atoms with E-state index in [4.69, 9.17) is 0 Å². The van der Waals surface area contributed by atoms with E-state index in [1.807, 2.05) is 13.8 Å². The normalized spacial score (nSPS) is 12.1. The van der Waals surface area contributed by atoms with Gasteiger partial charge in [0.15, 0.2) is 5.69 Å². The number of phenolic OH excluding ortho intramolecular Hbond substituents is 1. The quantitative estimate of drug-likeness (QED) is 0.550. The Balaban J connectivity index is 1.96. The van der Waals surface area contributed by atoms with E-state index in [0.717, 1.165) is 0 Å². The molecule has 2 aromatic carbocycles. The van der Waals surface area contributed by atoms with Crippen LogP contribution in [0.1, 0.15) is 29.9 Å². The third kappa shape index (κ3) is 4.65. The third-order valence-electron chi connectivity index (χ3n) is 4.60. The van der Waals surface area contributed by atoms with Gasteiger partial charge in [-0.15, -0.1) is 0 Å². The van der Waals surface area contributed by atoms with Crippen LogP contribution in [0.3, 0.4) is 0 Å². The van der Waals surface area contributed by atoms with Gasteiger partial charge in [-0.3, -0.25) is 9.59 Å². The lowest BCUT2D eigenvalue weighted by Gasteiger charge is -2.16. The van der Waals surface area contributed by atoms with Crippen molar-refractivity contribution in [3.63, 3.8) is 0 Å². The topological polar surface area (TPSA) is 122 Å². The fourth-order valence-electron chi connectivity index (χ4n) is 3.17. The van der Waals surface area contributed by atoms with Gasteiger partial charge in [0, 0.05) is 18.4 Å². The van der Waals surface area contributed by atoms with Crippen LogP contribution in [0, 0.1) is 5.92 Å². The maximum absolute atomic E-state index is 13.0. The van der Waals surface area contributed by atoms with E-state index >= 15 is 0 Å². The molecule has 0 aliphatic heterocycles. The molecule has 0 saturated carbocycles. The predicted molar refractivity (Wildman–Crippen MR) is 112 cm³/mol. The lowest BCUT2D eigenvalue weighted by atomic mass is 10.0. The molecule has 1 aromatic heterocycles. The number of amides is 1. The molecule has 0 unspecified atom stereocenters. The van der Waals surface area contributed by atoms with E-state index in [9.17, 15) is 24.6 Å². The summed E-state index contributed by atoms with van der Waals surface area (Å²) in [5.41, 5.74) is 0.348. The summed E-state index contributed by atoms with van der Waals surface area (Å²) in [7, 11) is 0. The Kier molecular flexibility index (Phi) is 6.15. The third-order valence-corrected chi connectivity index (χ3v) is 4.60. The number of hydrogen-bond acceptors (Lipinski definition) is 5. The molecule has 1 amide bonds. The molecule has 0 spiro atoms. The number of benzene rings is 2. The molecule has 8 nitrogen and oxygen atoms in total. The van der Waals surface area contributed by atoms with Gasteiger partial charge in [0.1, 0.15) is 11.8 Å². The zero-order valence-electron chi connectivity index (χ0n) is 16.7. The van der Waals surface area contributed by atoms with Gasteiger partial charge in [-0.25, -0.2) is 9.48 Å². The molecule has 3 aromatic rings. The minimum atomic E-state index is -1.20. The minimum absolute atomic E-state index is 0.00260. The summed E-state index contributed by atoms with van der Waals surface area (Å²) >= 11 is 0. The van der Waals surface area contributed by atoms with Crippen LogP contribution in [0.25, 0.3) is 10.8 Å². The second-order valence-electron chi connectivity index (χ2n) is 7.51. The molecule has 0 saturated heterocycles. The molecule has 0 radical (unpaired) electrons. The lowest BCUT2D eigenvalue weighted by molar-refractivity contribution is -0.139. The SMILES string of the molecule is CC(C)Cn1nc(C(=O)N[C@H](Cc2ccc(O)cc2)C(=O)O)c2ccccc2c1=O. The van der Waals surface area contributed by atoms with E-state index in [1.54, 1.807) is 36.4 Å². The van der Waals surface area contributed by atoms with Crippen LogP contribution in [0.2, 0.25) is 0 Å². The summed E-state index contributed by atoms with van der Waals surface area (Å²) in [4.78, 5) is 37.4. The van der Waals surface area contributed by atoms with Gasteiger partial charge in [0.05, 0.1) is 5.39 Å². The molecule has 30 heavy (non-hydrogen) atoms. The van der Waals surface area contributed by atoms with Gasteiger partial charge in [0.25, 0.3) is 11.5 Å². The van der Waals surface area contributed by atoms with Crippen LogP contribution in [-0.4, -0.2) is 37.9 Å². The van der Waals surface area contributed by atoms with Crippen molar-refractivity contribution < 1.29 is 19.8 Å². The molecule has 1 heterocycles. The predicted octanol–water partition coefficient (Wildman–Crippen LogP) is 2.18. The molecule has 8 heteroatoms. The number of nitrogens with zero attached hydrogens (tertiary/aromatic N) is 2. The smallest absolute Gasteiger partial charge is 0.326 e. The fourth-order valence-corrected chi connectivity index (χ4v) is 3.17. The molecule has 156 valence electrons. The average Bonchev–Trinajstić information content (AvgIpc) is 2.70. The summed E-state index contributed by atoms with van der Waals surface area (Å²) in [5, 5.41) is 26.4. The first-order chi connectivity index (χ1) is 14.3. The van der Waals surface area contributed by atoms with E-state index in [0.29, 0.717) is 22.9 Å².